The number of pyridine rings is 1. The lowest BCUT2D eigenvalue weighted by Gasteiger charge is -2.32. The van der Waals surface area contributed by atoms with Crippen molar-refractivity contribution in [2.24, 2.45) is 17.6 Å². The van der Waals surface area contributed by atoms with E-state index in [0.717, 1.165) is 17.5 Å². The van der Waals surface area contributed by atoms with Crippen LogP contribution in [0.2, 0.25) is 0 Å². The summed E-state index contributed by atoms with van der Waals surface area (Å²) in [6, 6.07) is 4.04. The first-order valence-corrected chi connectivity index (χ1v) is 6.94. The number of rotatable bonds is 4. The number of hydrogen-bond acceptors (Lipinski definition) is 3. The summed E-state index contributed by atoms with van der Waals surface area (Å²) >= 11 is 0. The second-order valence-corrected chi connectivity index (χ2v) is 5.56. The highest BCUT2D eigenvalue weighted by Gasteiger charge is 2.24. The minimum atomic E-state index is 0.422. The molecule has 1 aromatic rings. The van der Waals surface area contributed by atoms with Gasteiger partial charge < -0.3 is 10.5 Å². The zero-order valence-corrected chi connectivity index (χ0v) is 11.4. The van der Waals surface area contributed by atoms with E-state index in [1.165, 1.54) is 24.8 Å². The molecule has 1 saturated carbocycles. The van der Waals surface area contributed by atoms with Crippen LogP contribution in [-0.4, -0.2) is 11.1 Å². The van der Waals surface area contributed by atoms with Crippen molar-refractivity contribution in [1.82, 2.24) is 4.98 Å². The highest BCUT2D eigenvalue weighted by molar-refractivity contribution is 5.15. The second-order valence-electron chi connectivity index (χ2n) is 5.56. The van der Waals surface area contributed by atoms with Crippen LogP contribution in [0.1, 0.15) is 44.4 Å². The first-order valence-electron chi connectivity index (χ1n) is 6.94. The third kappa shape index (κ3) is 3.53. The minimum absolute atomic E-state index is 0.422. The molecular formula is C15H24N2O. The van der Waals surface area contributed by atoms with Gasteiger partial charge in [0.1, 0.15) is 0 Å². The SMILES string of the molecule is CC1CCC(OCc2ccnc(CN)c2)CC1C. The smallest absolute Gasteiger partial charge is 0.0721 e. The maximum absolute atomic E-state index is 6.02. The topological polar surface area (TPSA) is 48.1 Å². The lowest BCUT2D eigenvalue weighted by Crippen LogP contribution is -2.26. The number of hydrogen-bond donors (Lipinski definition) is 1. The summed E-state index contributed by atoms with van der Waals surface area (Å²) in [5.74, 6) is 1.62. The summed E-state index contributed by atoms with van der Waals surface area (Å²) < 4.78 is 6.02. The van der Waals surface area contributed by atoms with Crippen LogP contribution in [0, 0.1) is 11.8 Å². The van der Waals surface area contributed by atoms with Gasteiger partial charge in [0, 0.05) is 12.7 Å². The largest absolute Gasteiger partial charge is 0.374 e. The van der Waals surface area contributed by atoms with Crippen LogP contribution in [0.25, 0.3) is 0 Å². The van der Waals surface area contributed by atoms with E-state index in [9.17, 15) is 0 Å². The lowest BCUT2D eigenvalue weighted by atomic mass is 9.80. The molecule has 100 valence electrons. The van der Waals surface area contributed by atoms with Gasteiger partial charge >= 0.3 is 0 Å². The molecule has 1 aromatic heterocycles. The fraction of sp³-hybridized carbons (Fsp3) is 0.667. The van der Waals surface area contributed by atoms with E-state index < -0.39 is 0 Å². The van der Waals surface area contributed by atoms with E-state index in [2.05, 4.69) is 18.8 Å². The van der Waals surface area contributed by atoms with Crippen LogP contribution >= 0.6 is 0 Å². The maximum Gasteiger partial charge on any atom is 0.0721 e. The summed E-state index contributed by atoms with van der Waals surface area (Å²) in [5.41, 5.74) is 7.70. The quantitative estimate of drug-likeness (QED) is 0.891. The van der Waals surface area contributed by atoms with Crippen LogP contribution in [0.3, 0.4) is 0 Å². The fourth-order valence-electron chi connectivity index (χ4n) is 2.59. The molecule has 3 heteroatoms. The van der Waals surface area contributed by atoms with Gasteiger partial charge in [0.05, 0.1) is 18.4 Å². The maximum atomic E-state index is 6.02. The zero-order chi connectivity index (χ0) is 13.0. The summed E-state index contributed by atoms with van der Waals surface area (Å²) in [4.78, 5) is 4.19. The Morgan fingerprint density at radius 1 is 1.33 bits per heavy atom. The van der Waals surface area contributed by atoms with Gasteiger partial charge in [0.15, 0.2) is 0 Å². The highest BCUT2D eigenvalue weighted by atomic mass is 16.5. The molecule has 3 nitrogen and oxygen atoms in total. The molecule has 0 spiro atoms. The minimum Gasteiger partial charge on any atom is -0.374 e. The van der Waals surface area contributed by atoms with Crippen molar-refractivity contribution in [3.63, 3.8) is 0 Å². The Kier molecular flexibility index (Phi) is 4.72. The summed E-state index contributed by atoms with van der Waals surface area (Å²) in [6.07, 6.45) is 5.91. The van der Waals surface area contributed by atoms with Crippen LogP contribution in [0.15, 0.2) is 18.3 Å². The van der Waals surface area contributed by atoms with Crippen LogP contribution < -0.4 is 5.73 Å². The molecule has 3 unspecified atom stereocenters. The Hall–Kier alpha value is -0.930. The van der Waals surface area contributed by atoms with Crippen LogP contribution in [0.5, 0.6) is 0 Å². The van der Waals surface area contributed by atoms with E-state index >= 15 is 0 Å². The molecule has 1 heterocycles. The van der Waals surface area contributed by atoms with Crippen molar-refractivity contribution in [2.75, 3.05) is 0 Å². The molecule has 0 saturated heterocycles. The van der Waals surface area contributed by atoms with Gasteiger partial charge in [0.25, 0.3) is 0 Å². The zero-order valence-electron chi connectivity index (χ0n) is 11.4. The Morgan fingerprint density at radius 3 is 2.89 bits per heavy atom. The molecular weight excluding hydrogens is 224 g/mol. The van der Waals surface area contributed by atoms with E-state index in [1.807, 2.05) is 18.3 Å². The first-order chi connectivity index (χ1) is 8.69. The molecule has 0 aliphatic heterocycles. The predicted molar refractivity (Wildman–Crippen MR) is 72.9 cm³/mol. The Labute approximate surface area is 110 Å². The highest BCUT2D eigenvalue weighted by Crippen LogP contribution is 2.31. The summed E-state index contributed by atoms with van der Waals surface area (Å²) in [7, 11) is 0. The van der Waals surface area contributed by atoms with Gasteiger partial charge in [-0.1, -0.05) is 13.8 Å². The molecule has 1 fully saturated rings. The Bertz CT molecular complexity index is 381. The molecule has 1 aliphatic carbocycles. The van der Waals surface area contributed by atoms with Crippen molar-refractivity contribution in [1.29, 1.82) is 0 Å². The van der Waals surface area contributed by atoms with E-state index in [0.29, 0.717) is 19.3 Å². The third-order valence-electron chi connectivity index (χ3n) is 4.13. The average Bonchev–Trinajstić information content (AvgIpc) is 2.40. The van der Waals surface area contributed by atoms with Crippen LogP contribution in [-0.2, 0) is 17.9 Å². The average molecular weight is 248 g/mol. The van der Waals surface area contributed by atoms with Gasteiger partial charge in [-0.2, -0.15) is 0 Å². The molecule has 0 bridgehead atoms. The Morgan fingerprint density at radius 2 is 2.17 bits per heavy atom. The molecule has 0 aromatic carbocycles. The first kappa shape index (κ1) is 13.5. The van der Waals surface area contributed by atoms with Crippen molar-refractivity contribution < 1.29 is 4.74 Å². The molecule has 0 amide bonds. The number of aromatic nitrogens is 1. The van der Waals surface area contributed by atoms with Crippen LogP contribution in [0.4, 0.5) is 0 Å². The standard InChI is InChI=1S/C15H24N2O/c1-11-3-4-15(7-12(11)2)18-10-13-5-6-17-14(8-13)9-16/h5-6,8,11-12,15H,3-4,7,9-10,16H2,1-2H3. The van der Waals surface area contributed by atoms with Crippen molar-refractivity contribution in [2.45, 2.75) is 52.4 Å². The molecule has 0 radical (unpaired) electrons. The second kappa shape index (κ2) is 6.30. The van der Waals surface area contributed by atoms with E-state index in [-0.39, 0.29) is 0 Å². The summed E-state index contributed by atoms with van der Waals surface area (Å²) in [6.45, 7) is 5.85. The monoisotopic (exact) mass is 248 g/mol. The number of nitrogens with zero attached hydrogens (tertiary/aromatic N) is 1. The Balaban J connectivity index is 1.84. The van der Waals surface area contributed by atoms with Crippen molar-refractivity contribution in [3.8, 4) is 0 Å². The van der Waals surface area contributed by atoms with E-state index in [1.54, 1.807) is 0 Å². The van der Waals surface area contributed by atoms with Gasteiger partial charge in [-0.15, -0.1) is 0 Å². The van der Waals surface area contributed by atoms with Gasteiger partial charge in [-0.25, -0.2) is 0 Å². The van der Waals surface area contributed by atoms with Gasteiger partial charge in [0.2, 0.25) is 0 Å². The molecule has 2 N–H and O–H groups in total. The van der Waals surface area contributed by atoms with Crippen molar-refractivity contribution in [3.05, 3.63) is 29.6 Å². The summed E-state index contributed by atoms with van der Waals surface area (Å²) in [5, 5.41) is 0. The molecule has 1 aliphatic rings. The molecule has 3 atom stereocenters. The van der Waals surface area contributed by atoms with Gasteiger partial charge in [-0.05, 0) is 48.8 Å². The lowest BCUT2D eigenvalue weighted by molar-refractivity contribution is -0.00749. The predicted octanol–water partition coefficient (Wildman–Crippen LogP) is 2.88. The molecule has 2 rings (SSSR count). The van der Waals surface area contributed by atoms with Gasteiger partial charge in [-0.3, -0.25) is 4.98 Å². The molecule has 18 heavy (non-hydrogen) atoms. The van der Waals surface area contributed by atoms with E-state index in [4.69, 9.17) is 10.5 Å². The normalized spacial score (nSPS) is 28.3. The number of ether oxygens (including phenoxy) is 1. The fourth-order valence-corrected chi connectivity index (χ4v) is 2.59. The number of nitrogens with two attached hydrogens (primary N) is 1. The third-order valence-corrected chi connectivity index (χ3v) is 4.13. The van der Waals surface area contributed by atoms with Crippen molar-refractivity contribution >= 4 is 0 Å².